The fraction of sp³-hybridized carbons (Fsp3) is 0.278. The Morgan fingerprint density at radius 3 is 2.67 bits per heavy atom. The second kappa shape index (κ2) is 8.13. The zero-order chi connectivity index (χ0) is 17.7. The normalized spacial score (nSPS) is 10.8. The van der Waals surface area contributed by atoms with Crippen LogP contribution in [0.15, 0.2) is 36.4 Å². The Morgan fingerprint density at radius 2 is 2.04 bits per heavy atom. The van der Waals surface area contributed by atoms with Crippen LogP contribution in [0, 0.1) is 12.7 Å². The van der Waals surface area contributed by atoms with Crippen LogP contribution in [0.1, 0.15) is 11.1 Å². The summed E-state index contributed by atoms with van der Waals surface area (Å²) in [5, 5.41) is 3.48. The predicted molar refractivity (Wildman–Crippen MR) is 94.1 cm³/mol. The highest BCUT2D eigenvalue weighted by Gasteiger charge is 2.10. The summed E-state index contributed by atoms with van der Waals surface area (Å²) >= 11 is 5.90. The van der Waals surface area contributed by atoms with Gasteiger partial charge in [-0.2, -0.15) is 0 Å². The van der Waals surface area contributed by atoms with E-state index in [9.17, 15) is 9.18 Å². The summed E-state index contributed by atoms with van der Waals surface area (Å²) in [6.45, 7) is 2.52. The lowest BCUT2D eigenvalue weighted by Crippen LogP contribution is -2.30. The largest absolute Gasteiger partial charge is 0.494 e. The number of nitrogens with zero attached hydrogens (tertiary/aromatic N) is 1. The molecule has 0 bridgehead atoms. The van der Waals surface area contributed by atoms with Crippen LogP contribution in [-0.2, 0) is 11.3 Å². The molecule has 0 radical (unpaired) electrons. The Balaban J connectivity index is 1.92. The molecule has 0 atom stereocenters. The lowest BCUT2D eigenvalue weighted by atomic mass is 10.2. The zero-order valence-corrected chi connectivity index (χ0v) is 14.7. The van der Waals surface area contributed by atoms with Crippen molar-refractivity contribution in [2.24, 2.45) is 0 Å². The summed E-state index contributed by atoms with van der Waals surface area (Å²) in [7, 11) is 3.23. The van der Waals surface area contributed by atoms with Crippen molar-refractivity contribution < 1.29 is 13.9 Å². The van der Waals surface area contributed by atoms with Crippen LogP contribution in [0.3, 0.4) is 0 Å². The van der Waals surface area contributed by atoms with Gasteiger partial charge in [0.1, 0.15) is 0 Å². The number of benzene rings is 2. The van der Waals surface area contributed by atoms with E-state index in [1.54, 1.807) is 37.4 Å². The summed E-state index contributed by atoms with van der Waals surface area (Å²) in [5.74, 6) is -0.348. The lowest BCUT2D eigenvalue weighted by Gasteiger charge is -2.17. The van der Waals surface area contributed by atoms with Gasteiger partial charge in [0.2, 0.25) is 5.91 Å². The number of amides is 1. The minimum absolute atomic E-state index is 0.142. The smallest absolute Gasteiger partial charge is 0.238 e. The number of anilines is 1. The third-order valence-corrected chi connectivity index (χ3v) is 3.78. The molecule has 0 saturated carbocycles. The molecule has 0 heterocycles. The van der Waals surface area contributed by atoms with Gasteiger partial charge in [-0.3, -0.25) is 9.69 Å². The predicted octanol–water partition coefficient (Wildman–Crippen LogP) is 3.87. The average molecular weight is 351 g/mol. The second-order valence-electron chi connectivity index (χ2n) is 5.65. The molecule has 2 aromatic rings. The van der Waals surface area contributed by atoms with Crippen LogP contribution in [-0.4, -0.2) is 31.5 Å². The van der Waals surface area contributed by atoms with E-state index in [1.807, 2.05) is 11.8 Å². The first kappa shape index (κ1) is 18.2. The molecule has 0 saturated heterocycles. The fourth-order valence-corrected chi connectivity index (χ4v) is 2.60. The van der Waals surface area contributed by atoms with Crippen molar-refractivity contribution in [1.29, 1.82) is 0 Å². The van der Waals surface area contributed by atoms with Gasteiger partial charge in [0.05, 0.1) is 13.7 Å². The number of methoxy groups -OCH3 is 1. The van der Waals surface area contributed by atoms with E-state index >= 15 is 0 Å². The number of carbonyl (C=O) groups excluding carboxylic acids is 1. The molecule has 0 aromatic heterocycles. The Bertz CT molecular complexity index is 737. The van der Waals surface area contributed by atoms with Crippen LogP contribution in [0.25, 0.3) is 0 Å². The van der Waals surface area contributed by atoms with Gasteiger partial charge in [0.15, 0.2) is 11.6 Å². The molecule has 1 N–H and O–H groups in total. The fourth-order valence-electron chi connectivity index (χ4n) is 2.38. The number of rotatable bonds is 6. The third kappa shape index (κ3) is 4.94. The van der Waals surface area contributed by atoms with Crippen molar-refractivity contribution >= 4 is 23.2 Å². The molecule has 0 aliphatic heterocycles. The molecular weight excluding hydrogens is 331 g/mol. The Morgan fingerprint density at radius 1 is 1.29 bits per heavy atom. The molecule has 1 amide bonds. The third-order valence-electron chi connectivity index (χ3n) is 3.54. The van der Waals surface area contributed by atoms with Crippen molar-refractivity contribution in [3.8, 4) is 5.75 Å². The molecule has 2 aromatic carbocycles. The maximum Gasteiger partial charge on any atom is 0.238 e. The number of halogens is 2. The maximum atomic E-state index is 13.7. The molecule has 128 valence electrons. The van der Waals surface area contributed by atoms with E-state index in [4.69, 9.17) is 16.3 Å². The minimum atomic E-state index is -0.412. The van der Waals surface area contributed by atoms with Crippen LogP contribution in [0.2, 0.25) is 5.02 Å². The monoisotopic (exact) mass is 350 g/mol. The van der Waals surface area contributed by atoms with Crippen molar-refractivity contribution in [3.05, 3.63) is 58.4 Å². The van der Waals surface area contributed by atoms with Gasteiger partial charge < -0.3 is 10.1 Å². The molecule has 24 heavy (non-hydrogen) atoms. The number of carbonyl (C=O) groups is 1. The SMILES string of the molecule is COc1ccc(CN(C)CC(=O)Nc2ccc(Cl)cc2C)cc1F. The van der Waals surface area contributed by atoms with E-state index < -0.39 is 5.82 Å². The lowest BCUT2D eigenvalue weighted by molar-refractivity contribution is -0.117. The first-order valence-electron chi connectivity index (χ1n) is 7.46. The number of hydrogen-bond donors (Lipinski definition) is 1. The van der Waals surface area contributed by atoms with Crippen LogP contribution in [0.4, 0.5) is 10.1 Å². The first-order valence-corrected chi connectivity index (χ1v) is 7.84. The number of ether oxygens (including phenoxy) is 1. The van der Waals surface area contributed by atoms with Gasteiger partial charge in [0.25, 0.3) is 0 Å². The number of likely N-dealkylation sites (N-methyl/N-ethyl adjacent to an activating group) is 1. The summed E-state index contributed by atoms with van der Waals surface area (Å²) in [5.41, 5.74) is 2.40. The van der Waals surface area contributed by atoms with Gasteiger partial charge in [-0.1, -0.05) is 17.7 Å². The van der Waals surface area contributed by atoms with Crippen LogP contribution < -0.4 is 10.1 Å². The summed E-state index contributed by atoms with van der Waals surface area (Å²) in [6, 6.07) is 10.1. The first-order chi connectivity index (χ1) is 11.4. The molecular formula is C18H20ClFN2O2. The Kier molecular flexibility index (Phi) is 6.17. The Labute approximate surface area is 146 Å². The maximum absolute atomic E-state index is 13.7. The van der Waals surface area contributed by atoms with E-state index in [1.165, 1.54) is 13.2 Å². The van der Waals surface area contributed by atoms with Gasteiger partial charge >= 0.3 is 0 Å². The highest BCUT2D eigenvalue weighted by Crippen LogP contribution is 2.20. The van der Waals surface area contributed by atoms with Crippen molar-refractivity contribution in [2.45, 2.75) is 13.5 Å². The molecule has 0 aliphatic carbocycles. The standard InChI is InChI=1S/C18H20ClFN2O2/c1-12-8-14(19)5-6-16(12)21-18(23)11-22(2)10-13-4-7-17(24-3)15(20)9-13/h4-9H,10-11H2,1-3H3,(H,21,23). The Hall–Kier alpha value is -2.11. The number of nitrogens with one attached hydrogen (secondary N) is 1. The van der Waals surface area contributed by atoms with Crippen LogP contribution >= 0.6 is 11.6 Å². The molecule has 0 fully saturated rings. The minimum Gasteiger partial charge on any atom is -0.494 e. The molecule has 6 heteroatoms. The second-order valence-corrected chi connectivity index (χ2v) is 6.09. The van der Waals surface area contributed by atoms with Gasteiger partial charge in [0, 0.05) is 17.3 Å². The topological polar surface area (TPSA) is 41.6 Å². The number of aryl methyl sites for hydroxylation is 1. The molecule has 0 unspecified atom stereocenters. The molecule has 0 spiro atoms. The van der Waals surface area contributed by atoms with E-state index in [-0.39, 0.29) is 18.2 Å². The summed E-state index contributed by atoms with van der Waals surface area (Å²) in [4.78, 5) is 13.9. The van der Waals surface area contributed by atoms with E-state index in [0.717, 1.165) is 16.8 Å². The summed E-state index contributed by atoms with van der Waals surface area (Å²) in [6.07, 6.45) is 0. The van der Waals surface area contributed by atoms with E-state index in [0.29, 0.717) is 11.6 Å². The summed E-state index contributed by atoms with van der Waals surface area (Å²) < 4.78 is 18.6. The van der Waals surface area contributed by atoms with Crippen LogP contribution in [0.5, 0.6) is 5.75 Å². The van der Waals surface area contributed by atoms with Crippen molar-refractivity contribution in [3.63, 3.8) is 0 Å². The van der Waals surface area contributed by atoms with Gasteiger partial charge in [-0.25, -0.2) is 4.39 Å². The van der Waals surface area contributed by atoms with Gasteiger partial charge in [-0.15, -0.1) is 0 Å². The number of hydrogen-bond acceptors (Lipinski definition) is 3. The molecule has 0 aliphatic rings. The highest BCUT2D eigenvalue weighted by molar-refractivity contribution is 6.30. The van der Waals surface area contributed by atoms with E-state index in [2.05, 4.69) is 5.32 Å². The highest BCUT2D eigenvalue weighted by atomic mass is 35.5. The van der Waals surface area contributed by atoms with Crippen molar-refractivity contribution in [2.75, 3.05) is 26.0 Å². The van der Waals surface area contributed by atoms with Crippen molar-refractivity contribution in [1.82, 2.24) is 4.90 Å². The van der Waals surface area contributed by atoms with Gasteiger partial charge in [-0.05, 0) is 55.4 Å². The molecule has 2 rings (SSSR count). The quantitative estimate of drug-likeness (QED) is 0.860. The molecule has 4 nitrogen and oxygen atoms in total. The average Bonchev–Trinajstić information content (AvgIpc) is 2.50. The zero-order valence-electron chi connectivity index (χ0n) is 13.9.